The zero-order chi connectivity index (χ0) is 19.1. The third kappa shape index (κ3) is 1.96. The van der Waals surface area contributed by atoms with E-state index in [-0.39, 0.29) is 16.7 Å². The van der Waals surface area contributed by atoms with Gasteiger partial charge < -0.3 is 5.11 Å². The number of carbonyl (C=O) groups is 1. The van der Waals surface area contributed by atoms with E-state index < -0.39 is 11.4 Å². The molecule has 3 aliphatic rings. The van der Waals surface area contributed by atoms with Crippen LogP contribution in [-0.2, 0) is 4.79 Å². The van der Waals surface area contributed by atoms with Crippen LogP contribution in [0.3, 0.4) is 0 Å². The highest BCUT2D eigenvalue weighted by Crippen LogP contribution is 2.72. The molecule has 0 saturated heterocycles. The summed E-state index contributed by atoms with van der Waals surface area (Å²) >= 11 is 3.43. The van der Waals surface area contributed by atoms with Crippen molar-refractivity contribution in [1.29, 1.82) is 0 Å². The fraction of sp³-hybridized carbons (Fsp3) is 0.476. The predicted octanol–water partition coefficient (Wildman–Crippen LogP) is 5.30. The van der Waals surface area contributed by atoms with Crippen molar-refractivity contribution in [2.45, 2.75) is 40.5 Å². The maximum absolute atomic E-state index is 12.4. The second kappa shape index (κ2) is 5.23. The zero-order valence-electron chi connectivity index (χ0n) is 15.5. The van der Waals surface area contributed by atoms with Gasteiger partial charge >= 0.3 is 5.97 Å². The van der Waals surface area contributed by atoms with Crippen molar-refractivity contribution in [3.8, 4) is 0 Å². The van der Waals surface area contributed by atoms with Crippen molar-refractivity contribution >= 4 is 27.6 Å². The molecule has 138 valence electrons. The lowest BCUT2D eigenvalue weighted by atomic mass is 9.68. The predicted molar refractivity (Wildman–Crippen MR) is 103 cm³/mol. The summed E-state index contributed by atoms with van der Waals surface area (Å²) in [5, 5.41) is 22.6. The summed E-state index contributed by atoms with van der Waals surface area (Å²) in [6, 6.07) is 7.60. The van der Waals surface area contributed by atoms with Gasteiger partial charge in [0, 0.05) is 15.5 Å². The number of nitrogens with zero attached hydrogens (tertiary/aromatic N) is 1. The maximum Gasteiger partial charge on any atom is 0.317 e. The molecule has 1 saturated carbocycles. The molecule has 1 aliphatic heterocycles. The lowest BCUT2D eigenvalue weighted by molar-refractivity contribution is -0.144. The van der Waals surface area contributed by atoms with E-state index in [0.29, 0.717) is 5.70 Å². The monoisotopic (exact) mass is 417 g/mol. The first-order valence-corrected chi connectivity index (χ1v) is 9.79. The summed E-state index contributed by atoms with van der Waals surface area (Å²) < 4.78 is 0.941. The number of carboxylic acids is 1. The van der Waals surface area contributed by atoms with Gasteiger partial charge in [-0.25, -0.2) is 5.06 Å². The molecule has 0 spiro atoms. The molecular weight excluding hydrogens is 394 g/mol. The van der Waals surface area contributed by atoms with E-state index in [1.54, 1.807) is 13.0 Å². The quantitative estimate of drug-likeness (QED) is 0.685. The van der Waals surface area contributed by atoms with Gasteiger partial charge in [-0.05, 0) is 54.9 Å². The van der Waals surface area contributed by atoms with E-state index in [9.17, 15) is 15.1 Å². The number of aliphatic carboxylic acids is 1. The van der Waals surface area contributed by atoms with Gasteiger partial charge in [0.05, 0.1) is 11.4 Å². The highest BCUT2D eigenvalue weighted by molar-refractivity contribution is 9.10. The molecular formula is C21H24BrNO3. The molecule has 2 aliphatic carbocycles. The van der Waals surface area contributed by atoms with E-state index in [4.69, 9.17) is 0 Å². The Morgan fingerprint density at radius 1 is 1.19 bits per heavy atom. The molecule has 1 heterocycles. The second-order valence-corrected chi connectivity index (χ2v) is 9.68. The minimum Gasteiger partial charge on any atom is -0.480 e. The summed E-state index contributed by atoms with van der Waals surface area (Å²) in [5.74, 6) is -0.694. The molecule has 3 atom stereocenters. The van der Waals surface area contributed by atoms with Gasteiger partial charge in [0.1, 0.15) is 5.41 Å². The first-order valence-electron chi connectivity index (χ1n) is 9.00. The fourth-order valence-corrected chi connectivity index (χ4v) is 5.65. The van der Waals surface area contributed by atoms with E-state index in [1.165, 1.54) is 5.06 Å². The Balaban J connectivity index is 1.95. The average Bonchev–Trinajstić information content (AvgIpc) is 2.91. The fourth-order valence-electron chi connectivity index (χ4n) is 5.38. The summed E-state index contributed by atoms with van der Waals surface area (Å²) in [4.78, 5) is 12.4. The van der Waals surface area contributed by atoms with Crippen molar-refractivity contribution in [2.75, 3.05) is 0 Å². The molecule has 4 rings (SSSR count). The van der Waals surface area contributed by atoms with Crippen molar-refractivity contribution in [1.82, 2.24) is 5.06 Å². The molecule has 1 aromatic rings. The largest absolute Gasteiger partial charge is 0.480 e. The molecule has 2 bridgehead atoms. The first kappa shape index (κ1) is 17.8. The summed E-state index contributed by atoms with van der Waals surface area (Å²) in [7, 11) is 0. The summed E-state index contributed by atoms with van der Waals surface area (Å²) in [6.07, 6.45) is 3.65. The molecule has 4 nitrogen and oxygen atoms in total. The van der Waals surface area contributed by atoms with Crippen molar-refractivity contribution < 1.29 is 15.1 Å². The van der Waals surface area contributed by atoms with Crippen molar-refractivity contribution in [3.63, 3.8) is 0 Å². The minimum absolute atomic E-state index is 0.0850. The van der Waals surface area contributed by atoms with Gasteiger partial charge in [-0.3, -0.25) is 10.0 Å². The average molecular weight is 418 g/mol. The lowest BCUT2D eigenvalue weighted by Gasteiger charge is -2.43. The number of hydrogen-bond acceptors (Lipinski definition) is 3. The van der Waals surface area contributed by atoms with Crippen LogP contribution in [0.5, 0.6) is 0 Å². The molecule has 0 radical (unpaired) electrons. The number of halogens is 1. The standard InChI is InChI=1S/C21H24BrNO3/c1-19(2)14-9-10-21(19,4)17-16(14)20(3,18(24)25)11-15(23(17)26)12-5-7-13(22)8-6-12/h5-8,11,14,26H,9-10H2,1-4H3,(H,24,25)/t14?,20-,21?/m0/s1. The van der Waals surface area contributed by atoms with Crippen LogP contribution < -0.4 is 0 Å². The topological polar surface area (TPSA) is 60.8 Å². The Bertz CT molecular complexity index is 870. The van der Waals surface area contributed by atoms with Crippen LogP contribution in [0.1, 0.15) is 46.1 Å². The Labute approximate surface area is 162 Å². The van der Waals surface area contributed by atoms with E-state index in [2.05, 4.69) is 36.7 Å². The molecule has 1 aromatic carbocycles. The smallest absolute Gasteiger partial charge is 0.317 e. The van der Waals surface area contributed by atoms with E-state index in [1.807, 2.05) is 24.3 Å². The van der Waals surface area contributed by atoms with E-state index >= 15 is 0 Å². The highest BCUT2D eigenvalue weighted by atomic mass is 79.9. The molecule has 2 N–H and O–H groups in total. The van der Waals surface area contributed by atoms with Crippen LogP contribution in [0.2, 0.25) is 0 Å². The number of hydroxylamine groups is 2. The SMILES string of the molecule is CC12CCC(C3=C1N(O)C(c1ccc(Br)cc1)=C[C@]3(C)C(=O)O)C2(C)C. The molecule has 0 amide bonds. The van der Waals surface area contributed by atoms with Crippen LogP contribution in [0.15, 0.2) is 46.1 Å². The molecule has 1 fully saturated rings. The number of fused-ring (bicyclic) bond motifs is 4. The van der Waals surface area contributed by atoms with E-state index in [0.717, 1.165) is 34.1 Å². The molecule has 26 heavy (non-hydrogen) atoms. The number of carboxylic acid groups (broad SMARTS) is 1. The lowest BCUT2D eigenvalue weighted by Crippen LogP contribution is -2.40. The number of rotatable bonds is 2. The Morgan fingerprint density at radius 2 is 1.81 bits per heavy atom. The van der Waals surface area contributed by atoms with Crippen molar-refractivity contribution in [3.05, 3.63) is 51.6 Å². The van der Waals surface area contributed by atoms with Crippen LogP contribution in [0, 0.1) is 22.2 Å². The molecule has 2 unspecified atom stereocenters. The minimum atomic E-state index is -1.11. The maximum atomic E-state index is 12.4. The Morgan fingerprint density at radius 3 is 2.38 bits per heavy atom. The molecule has 5 heteroatoms. The molecule has 0 aromatic heterocycles. The van der Waals surface area contributed by atoms with Gasteiger partial charge in [0.15, 0.2) is 0 Å². The highest BCUT2D eigenvalue weighted by Gasteiger charge is 2.67. The third-order valence-electron chi connectivity index (χ3n) is 7.36. The first-order chi connectivity index (χ1) is 12.0. The van der Waals surface area contributed by atoms with Crippen LogP contribution in [0.25, 0.3) is 5.70 Å². The summed E-state index contributed by atoms with van der Waals surface area (Å²) in [6.45, 7) is 8.36. The van der Waals surface area contributed by atoms with Gasteiger partial charge in [-0.15, -0.1) is 0 Å². The van der Waals surface area contributed by atoms with Gasteiger partial charge in [0.2, 0.25) is 0 Å². The number of allylic oxidation sites excluding steroid dienone is 1. The van der Waals surface area contributed by atoms with Crippen LogP contribution in [0.4, 0.5) is 0 Å². The Hall–Kier alpha value is -1.59. The number of hydrogen-bond donors (Lipinski definition) is 2. The Kier molecular flexibility index (Phi) is 3.58. The zero-order valence-corrected chi connectivity index (χ0v) is 17.1. The van der Waals surface area contributed by atoms with Gasteiger partial charge in [0.25, 0.3) is 0 Å². The van der Waals surface area contributed by atoms with Gasteiger partial charge in [-0.1, -0.05) is 48.8 Å². The third-order valence-corrected chi connectivity index (χ3v) is 7.89. The second-order valence-electron chi connectivity index (χ2n) is 8.76. The summed E-state index contributed by atoms with van der Waals surface area (Å²) in [5.41, 5.74) is 1.59. The van der Waals surface area contributed by atoms with Crippen LogP contribution in [-0.4, -0.2) is 21.3 Å². The van der Waals surface area contributed by atoms with Crippen LogP contribution >= 0.6 is 15.9 Å². The normalized spacial score (nSPS) is 34.8. The van der Waals surface area contributed by atoms with Crippen molar-refractivity contribution in [2.24, 2.45) is 22.2 Å². The number of benzene rings is 1. The van der Waals surface area contributed by atoms with Gasteiger partial charge in [-0.2, -0.15) is 0 Å².